The van der Waals surface area contributed by atoms with E-state index in [9.17, 15) is 4.79 Å². The monoisotopic (exact) mass is 294 g/mol. The van der Waals surface area contributed by atoms with Gasteiger partial charge in [0.15, 0.2) is 0 Å². The van der Waals surface area contributed by atoms with Crippen LogP contribution < -0.4 is 10.2 Å². The van der Waals surface area contributed by atoms with Gasteiger partial charge in [0.05, 0.1) is 10.0 Å². The van der Waals surface area contributed by atoms with Crippen molar-refractivity contribution in [2.45, 2.75) is 0 Å². The average Bonchev–Trinajstić information content (AvgIpc) is 2.43. The molecule has 2 aromatic rings. The normalized spacial score (nSPS) is 10.1. The van der Waals surface area contributed by atoms with E-state index in [1.165, 1.54) is 4.90 Å². The van der Waals surface area contributed by atoms with Crippen molar-refractivity contribution in [2.75, 3.05) is 17.3 Å². The Balaban J connectivity index is 2.10. The number of carbonyl (C=O) groups excluding carboxylic acids is 1. The molecule has 3 nitrogen and oxygen atoms in total. The van der Waals surface area contributed by atoms with Gasteiger partial charge in [0.25, 0.3) is 0 Å². The smallest absolute Gasteiger partial charge is 0.307 e. The van der Waals surface area contributed by atoms with Crippen molar-refractivity contribution < 1.29 is 4.79 Å². The molecule has 2 aromatic carbocycles. The first-order valence-electron chi connectivity index (χ1n) is 5.63. The minimum Gasteiger partial charge on any atom is -0.307 e. The Hall–Kier alpha value is -1.71. The van der Waals surface area contributed by atoms with Gasteiger partial charge in [-0.15, -0.1) is 0 Å². The number of anilines is 2. The minimum atomic E-state index is -0.246. The van der Waals surface area contributed by atoms with E-state index in [4.69, 9.17) is 23.2 Å². The molecule has 0 saturated carbocycles. The summed E-state index contributed by atoms with van der Waals surface area (Å²) in [6.07, 6.45) is 0. The summed E-state index contributed by atoms with van der Waals surface area (Å²) in [5, 5.41) is 3.61. The summed E-state index contributed by atoms with van der Waals surface area (Å²) in [5.74, 6) is 0. The Labute approximate surface area is 121 Å². The second-order valence-corrected chi connectivity index (χ2v) is 4.77. The predicted octanol–water partition coefficient (Wildman–Crippen LogP) is 4.66. The number of nitrogens with one attached hydrogen (secondary N) is 1. The quantitative estimate of drug-likeness (QED) is 0.858. The molecule has 0 saturated heterocycles. The summed E-state index contributed by atoms with van der Waals surface area (Å²) in [7, 11) is 1.70. The average molecular weight is 295 g/mol. The predicted molar refractivity (Wildman–Crippen MR) is 80.3 cm³/mol. The van der Waals surface area contributed by atoms with Crippen LogP contribution in [-0.2, 0) is 0 Å². The number of hydrogen-bond acceptors (Lipinski definition) is 1. The summed E-state index contributed by atoms with van der Waals surface area (Å²) >= 11 is 11.7. The molecule has 0 aliphatic rings. The summed E-state index contributed by atoms with van der Waals surface area (Å²) in [5.41, 5.74) is 1.40. The van der Waals surface area contributed by atoms with E-state index in [0.29, 0.717) is 15.7 Å². The number of amides is 2. The molecule has 2 rings (SSSR count). The lowest BCUT2D eigenvalue weighted by molar-refractivity contribution is 0.258. The zero-order valence-corrected chi connectivity index (χ0v) is 11.7. The summed E-state index contributed by atoms with van der Waals surface area (Å²) in [4.78, 5) is 13.6. The van der Waals surface area contributed by atoms with Gasteiger partial charge >= 0.3 is 6.03 Å². The maximum atomic E-state index is 12.0. The van der Waals surface area contributed by atoms with Crippen molar-refractivity contribution in [3.8, 4) is 0 Å². The van der Waals surface area contributed by atoms with Crippen LogP contribution in [0.4, 0.5) is 16.2 Å². The first-order valence-corrected chi connectivity index (χ1v) is 6.38. The zero-order chi connectivity index (χ0) is 13.8. The van der Waals surface area contributed by atoms with Crippen LogP contribution in [0.1, 0.15) is 0 Å². The van der Waals surface area contributed by atoms with Gasteiger partial charge in [-0.2, -0.15) is 0 Å². The van der Waals surface area contributed by atoms with E-state index in [1.54, 1.807) is 25.2 Å². The Morgan fingerprint density at radius 1 is 1.05 bits per heavy atom. The third kappa shape index (κ3) is 3.40. The van der Waals surface area contributed by atoms with E-state index in [2.05, 4.69) is 5.32 Å². The highest BCUT2D eigenvalue weighted by atomic mass is 35.5. The fraction of sp³-hybridized carbons (Fsp3) is 0.0714. The first kappa shape index (κ1) is 13.7. The summed E-state index contributed by atoms with van der Waals surface area (Å²) in [6, 6.07) is 14.1. The molecule has 0 fully saturated rings. The maximum Gasteiger partial charge on any atom is 0.326 e. The molecule has 98 valence electrons. The lowest BCUT2D eigenvalue weighted by Gasteiger charge is -2.18. The molecule has 0 aliphatic carbocycles. The zero-order valence-electron chi connectivity index (χ0n) is 10.2. The second kappa shape index (κ2) is 5.95. The summed E-state index contributed by atoms with van der Waals surface area (Å²) in [6.45, 7) is 0. The molecular weight excluding hydrogens is 283 g/mol. The molecule has 0 heterocycles. The van der Waals surface area contributed by atoms with Crippen molar-refractivity contribution in [3.05, 3.63) is 58.6 Å². The van der Waals surface area contributed by atoms with E-state index >= 15 is 0 Å². The highest BCUT2D eigenvalue weighted by Gasteiger charge is 2.11. The van der Waals surface area contributed by atoms with Gasteiger partial charge < -0.3 is 5.32 Å². The van der Waals surface area contributed by atoms with Crippen LogP contribution >= 0.6 is 23.2 Å². The fourth-order valence-corrected chi connectivity index (χ4v) is 1.85. The third-order valence-corrected chi connectivity index (χ3v) is 3.36. The number of benzene rings is 2. The van der Waals surface area contributed by atoms with E-state index in [0.717, 1.165) is 5.69 Å². The number of urea groups is 1. The molecular formula is C14H12Cl2N2O. The molecule has 2 amide bonds. The molecule has 1 N–H and O–H groups in total. The van der Waals surface area contributed by atoms with Gasteiger partial charge in [0, 0.05) is 18.4 Å². The highest BCUT2D eigenvalue weighted by Crippen LogP contribution is 2.25. The number of nitrogens with zero attached hydrogens (tertiary/aromatic N) is 1. The van der Waals surface area contributed by atoms with E-state index in [1.807, 2.05) is 30.3 Å². The van der Waals surface area contributed by atoms with Crippen molar-refractivity contribution >= 4 is 40.6 Å². The van der Waals surface area contributed by atoms with Crippen LogP contribution in [0.3, 0.4) is 0 Å². The molecule has 19 heavy (non-hydrogen) atoms. The SMILES string of the molecule is CN(C(=O)Nc1ccc(Cl)c(Cl)c1)c1ccccc1. The van der Waals surface area contributed by atoms with Crippen molar-refractivity contribution in [1.29, 1.82) is 0 Å². The number of rotatable bonds is 2. The Bertz CT molecular complexity index is 587. The maximum absolute atomic E-state index is 12.0. The minimum absolute atomic E-state index is 0.246. The molecule has 0 bridgehead atoms. The van der Waals surface area contributed by atoms with Gasteiger partial charge in [-0.3, -0.25) is 4.90 Å². The van der Waals surface area contributed by atoms with Crippen LogP contribution in [0.25, 0.3) is 0 Å². The highest BCUT2D eigenvalue weighted by molar-refractivity contribution is 6.42. The van der Waals surface area contributed by atoms with Crippen LogP contribution in [0.2, 0.25) is 10.0 Å². The van der Waals surface area contributed by atoms with Crippen molar-refractivity contribution in [3.63, 3.8) is 0 Å². The molecule has 0 aliphatic heterocycles. The van der Waals surface area contributed by atoms with Crippen LogP contribution in [-0.4, -0.2) is 13.1 Å². The molecule has 5 heteroatoms. The van der Waals surface area contributed by atoms with Gasteiger partial charge in [0.2, 0.25) is 0 Å². The van der Waals surface area contributed by atoms with E-state index in [-0.39, 0.29) is 6.03 Å². The van der Waals surface area contributed by atoms with Crippen molar-refractivity contribution in [1.82, 2.24) is 0 Å². The number of para-hydroxylation sites is 1. The van der Waals surface area contributed by atoms with Gasteiger partial charge in [-0.1, -0.05) is 41.4 Å². The van der Waals surface area contributed by atoms with E-state index < -0.39 is 0 Å². The lowest BCUT2D eigenvalue weighted by atomic mass is 10.3. The molecule has 0 atom stereocenters. The van der Waals surface area contributed by atoms with Crippen LogP contribution in [0, 0.1) is 0 Å². The molecule has 0 unspecified atom stereocenters. The number of carbonyl (C=O) groups is 1. The van der Waals surface area contributed by atoms with Crippen molar-refractivity contribution in [2.24, 2.45) is 0 Å². The lowest BCUT2D eigenvalue weighted by Crippen LogP contribution is -2.31. The number of halogens is 2. The van der Waals surface area contributed by atoms with Gasteiger partial charge in [-0.25, -0.2) is 4.79 Å². The van der Waals surface area contributed by atoms with Gasteiger partial charge in [-0.05, 0) is 30.3 Å². The van der Waals surface area contributed by atoms with Gasteiger partial charge in [0.1, 0.15) is 0 Å². The number of hydrogen-bond donors (Lipinski definition) is 1. The Kier molecular flexibility index (Phi) is 4.30. The third-order valence-electron chi connectivity index (χ3n) is 2.62. The van der Waals surface area contributed by atoms with Crippen LogP contribution in [0.15, 0.2) is 48.5 Å². The second-order valence-electron chi connectivity index (χ2n) is 3.95. The first-order chi connectivity index (χ1) is 9.08. The molecule has 0 radical (unpaired) electrons. The van der Waals surface area contributed by atoms with Crippen LogP contribution in [0.5, 0.6) is 0 Å². The largest absolute Gasteiger partial charge is 0.326 e. The molecule has 0 aromatic heterocycles. The Morgan fingerprint density at radius 3 is 2.37 bits per heavy atom. The molecule has 0 spiro atoms. The topological polar surface area (TPSA) is 32.3 Å². The Morgan fingerprint density at radius 2 is 1.74 bits per heavy atom. The fourth-order valence-electron chi connectivity index (χ4n) is 1.55. The standard InChI is InChI=1S/C14H12Cl2N2O/c1-18(11-5-3-2-4-6-11)14(19)17-10-7-8-12(15)13(16)9-10/h2-9H,1H3,(H,17,19). The summed E-state index contributed by atoms with van der Waals surface area (Å²) < 4.78 is 0.